The van der Waals surface area contributed by atoms with E-state index in [4.69, 9.17) is 0 Å². The minimum atomic E-state index is -4.63. The first-order valence-electron chi connectivity index (χ1n) is 10.8. The van der Waals surface area contributed by atoms with Crippen molar-refractivity contribution in [2.45, 2.75) is 23.9 Å². The average Bonchev–Trinajstić information content (AvgIpc) is 2.84. The zero-order valence-electron chi connectivity index (χ0n) is 18.1. The van der Waals surface area contributed by atoms with E-state index < -0.39 is 32.6 Å². The van der Waals surface area contributed by atoms with Crippen molar-refractivity contribution in [1.29, 1.82) is 0 Å². The maximum Gasteiger partial charge on any atom is 0.416 e. The Hall–Kier alpha value is -3.17. The van der Waals surface area contributed by atoms with E-state index in [2.05, 4.69) is 5.32 Å². The fourth-order valence-electron chi connectivity index (χ4n) is 4.04. The Balaban J connectivity index is 1.43. The lowest BCUT2D eigenvalue weighted by Crippen LogP contribution is -2.41. The molecule has 0 atom stereocenters. The van der Waals surface area contributed by atoms with Crippen molar-refractivity contribution in [2.75, 3.05) is 18.4 Å². The maximum absolute atomic E-state index is 13.0. The van der Waals surface area contributed by atoms with Gasteiger partial charge < -0.3 is 5.32 Å². The Morgan fingerprint density at radius 3 is 2.21 bits per heavy atom. The van der Waals surface area contributed by atoms with Gasteiger partial charge in [-0.25, -0.2) is 8.42 Å². The molecule has 1 N–H and O–H groups in total. The zero-order chi connectivity index (χ0) is 24.3. The summed E-state index contributed by atoms with van der Waals surface area (Å²) >= 11 is 0. The molecule has 1 heterocycles. The van der Waals surface area contributed by atoms with E-state index in [0.717, 1.165) is 33.6 Å². The number of alkyl halides is 3. The number of anilines is 1. The Morgan fingerprint density at radius 1 is 0.882 bits per heavy atom. The lowest BCUT2D eigenvalue weighted by atomic mass is 9.96. The highest BCUT2D eigenvalue weighted by atomic mass is 32.2. The fraction of sp³-hybridized carbons (Fsp3) is 0.240. The summed E-state index contributed by atoms with van der Waals surface area (Å²) in [5.74, 6) is -0.615. The minimum absolute atomic E-state index is 0.0526. The number of para-hydroxylation sites is 1. The summed E-state index contributed by atoms with van der Waals surface area (Å²) in [7, 11) is -4.09. The molecule has 0 aromatic heterocycles. The smallest absolute Gasteiger partial charge is 0.325 e. The molecule has 5 nitrogen and oxygen atoms in total. The van der Waals surface area contributed by atoms with Crippen molar-refractivity contribution in [3.8, 4) is 11.1 Å². The van der Waals surface area contributed by atoms with Crippen LogP contribution >= 0.6 is 0 Å². The molecule has 3 aromatic carbocycles. The number of nitrogens with one attached hydrogen (secondary N) is 1. The van der Waals surface area contributed by atoms with Crippen molar-refractivity contribution in [3.63, 3.8) is 0 Å². The van der Waals surface area contributed by atoms with Gasteiger partial charge in [-0.1, -0.05) is 54.6 Å². The first kappa shape index (κ1) is 24.0. The lowest BCUT2D eigenvalue weighted by molar-refractivity contribution is -0.137. The molecule has 1 amide bonds. The second-order valence-electron chi connectivity index (χ2n) is 8.10. The molecule has 9 heteroatoms. The third-order valence-electron chi connectivity index (χ3n) is 5.89. The van der Waals surface area contributed by atoms with E-state index in [0.29, 0.717) is 11.8 Å². The summed E-state index contributed by atoms with van der Waals surface area (Å²) in [5.41, 5.74) is 1.49. The van der Waals surface area contributed by atoms with E-state index in [-0.39, 0.29) is 31.8 Å². The molecule has 1 aliphatic heterocycles. The van der Waals surface area contributed by atoms with E-state index in [1.165, 1.54) is 0 Å². The summed E-state index contributed by atoms with van der Waals surface area (Å²) < 4.78 is 65.9. The van der Waals surface area contributed by atoms with Gasteiger partial charge in [0.25, 0.3) is 0 Å². The zero-order valence-corrected chi connectivity index (χ0v) is 18.9. The summed E-state index contributed by atoms with van der Waals surface area (Å²) in [6.45, 7) is 0.105. The van der Waals surface area contributed by atoms with Gasteiger partial charge >= 0.3 is 6.18 Å². The van der Waals surface area contributed by atoms with E-state index in [1.807, 2.05) is 54.6 Å². The van der Waals surface area contributed by atoms with Crippen LogP contribution in [0.5, 0.6) is 0 Å². The quantitative estimate of drug-likeness (QED) is 0.522. The van der Waals surface area contributed by atoms with Gasteiger partial charge in [0.2, 0.25) is 15.9 Å². The number of rotatable bonds is 5. The van der Waals surface area contributed by atoms with Gasteiger partial charge in [-0.3, -0.25) is 4.79 Å². The molecule has 1 fully saturated rings. The predicted molar refractivity (Wildman–Crippen MR) is 123 cm³/mol. The van der Waals surface area contributed by atoms with Gasteiger partial charge in [-0.15, -0.1) is 0 Å². The molecular formula is C25H23F3N2O3S. The molecule has 0 aliphatic carbocycles. The van der Waals surface area contributed by atoms with E-state index >= 15 is 0 Å². The van der Waals surface area contributed by atoms with Crippen LogP contribution in [0, 0.1) is 5.92 Å². The van der Waals surface area contributed by atoms with Gasteiger partial charge in [0.1, 0.15) is 0 Å². The van der Waals surface area contributed by atoms with Crippen molar-refractivity contribution in [3.05, 3.63) is 84.4 Å². The Bertz CT molecular complexity index is 1270. The standard InChI is InChI=1S/C25H23F3N2O3S/c26-25(27,28)20-9-6-10-21(17-20)34(32,33)30-15-13-19(14-16-30)24(31)29-23-12-5-4-11-22(23)18-7-2-1-3-8-18/h1-12,17,19H,13-16H2,(H,29,31). The second-order valence-corrected chi connectivity index (χ2v) is 10.0. The monoisotopic (exact) mass is 488 g/mol. The minimum Gasteiger partial charge on any atom is -0.325 e. The molecule has 178 valence electrons. The molecule has 3 aromatic rings. The molecule has 0 radical (unpaired) electrons. The van der Waals surface area contributed by atoms with Gasteiger partial charge in [0.05, 0.1) is 10.5 Å². The van der Waals surface area contributed by atoms with Crippen molar-refractivity contribution >= 4 is 21.6 Å². The summed E-state index contributed by atoms with van der Waals surface area (Å²) in [6.07, 6.45) is -4.08. The molecule has 34 heavy (non-hydrogen) atoms. The summed E-state index contributed by atoms with van der Waals surface area (Å²) in [6, 6.07) is 20.8. The Morgan fingerprint density at radius 2 is 1.53 bits per heavy atom. The van der Waals surface area contributed by atoms with Crippen LogP contribution in [-0.2, 0) is 21.0 Å². The molecule has 0 unspecified atom stereocenters. The van der Waals surface area contributed by atoms with E-state index in [9.17, 15) is 26.4 Å². The van der Waals surface area contributed by atoms with Crippen molar-refractivity contribution in [2.24, 2.45) is 5.92 Å². The number of amides is 1. The highest BCUT2D eigenvalue weighted by molar-refractivity contribution is 7.89. The van der Waals surface area contributed by atoms with Crippen LogP contribution in [0.4, 0.5) is 18.9 Å². The molecule has 1 saturated heterocycles. The van der Waals surface area contributed by atoms with Gasteiger partial charge in [0, 0.05) is 30.3 Å². The number of hydrogen-bond donors (Lipinski definition) is 1. The number of nitrogens with zero attached hydrogens (tertiary/aromatic N) is 1. The molecule has 0 saturated carbocycles. The van der Waals surface area contributed by atoms with Crippen molar-refractivity contribution in [1.82, 2.24) is 4.31 Å². The highest BCUT2D eigenvalue weighted by Gasteiger charge is 2.35. The predicted octanol–water partition coefficient (Wildman–Crippen LogP) is 5.41. The van der Waals surface area contributed by atoms with Crippen LogP contribution in [0.15, 0.2) is 83.8 Å². The van der Waals surface area contributed by atoms with E-state index in [1.54, 1.807) is 0 Å². The summed E-state index contributed by atoms with van der Waals surface area (Å²) in [4.78, 5) is 12.5. The van der Waals surface area contributed by atoms with Crippen LogP contribution < -0.4 is 5.32 Å². The SMILES string of the molecule is O=C(Nc1ccccc1-c1ccccc1)C1CCN(S(=O)(=O)c2cccc(C(F)(F)F)c2)CC1. The number of benzene rings is 3. The largest absolute Gasteiger partial charge is 0.416 e. The molecule has 0 bridgehead atoms. The molecule has 4 rings (SSSR count). The van der Waals surface area contributed by atoms with Crippen LogP contribution in [0.2, 0.25) is 0 Å². The average molecular weight is 489 g/mol. The molecular weight excluding hydrogens is 465 g/mol. The van der Waals surface area contributed by atoms with Crippen LogP contribution in [-0.4, -0.2) is 31.7 Å². The third kappa shape index (κ3) is 5.15. The van der Waals surface area contributed by atoms with Gasteiger partial charge in [-0.2, -0.15) is 17.5 Å². The summed E-state index contributed by atoms with van der Waals surface area (Å²) in [5, 5.41) is 2.96. The number of carbonyl (C=O) groups excluding carboxylic acids is 1. The number of halogens is 3. The fourth-order valence-corrected chi connectivity index (χ4v) is 5.55. The second kappa shape index (κ2) is 9.60. The van der Waals surface area contributed by atoms with Gasteiger partial charge in [0.15, 0.2) is 0 Å². The van der Waals surface area contributed by atoms with Gasteiger partial charge in [-0.05, 0) is 42.7 Å². The molecule has 0 spiro atoms. The highest BCUT2D eigenvalue weighted by Crippen LogP contribution is 2.33. The molecule has 1 aliphatic rings. The van der Waals surface area contributed by atoms with Crippen molar-refractivity contribution < 1.29 is 26.4 Å². The number of piperidine rings is 1. The van der Waals surface area contributed by atoms with Crippen LogP contribution in [0.1, 0.15) is 18.4 Å². The number of sulfonamides is 1. The third-order valence-corrected chi connectivity index (χ3v) is 7.79. The normalized spacial score (nSPS) is 15.7. The van der Waals surface area contributed by atoms with Crippen LogP contribution in [0.3, 0.4) is 0 Å². The first-order valence-corrected chi connectivity index (χ1v) is 12.2. The van der Waals surface area contributed by atoms with Crippen LogP contribution in [0.25, 0.3) is 11.1 Å². The first-order chi connectivity index (χ1) is 16.2. The lowest BCUT2D eigenvalue weighted by Gasteiger charge is -2.30. The Labute approximate surface area is 196 Å². The number of hydrogen-bond acceptors (Lipinski definition) is 3. The maximum atomic E-state index is 13.0. The number of carbonyl (C=O) groups is 1. The Kier molecular flexibility index (Phi) is 6.77. The topological polar surface area (TPSA) is 66.5 Å².